The van der Waals surface area contributed by atoms with Gasteiger partial charge in [-0.1, -0.05) is 0 Å². The van der Waals surface area contributed by atoms with Gasteiger partial charge in [0.05, 0.1) is 44.1 Å². The van der Waals surface area contributed by atoms with Gasteiger partial charge in [-0.25, -0.2) is 4.79 Å². The first kappa shape index (κ1) is 44.4. The molecule has 0 spiro atoms. The average Bonchev–Trinajstić information content (AvgIpc) is 3.11. The summed E-state index contributed by atoms with van der Waals surface area (Å²) in [7, 11) is 0. The summed E-state index contributed by atoms with van der Waals surface area (Å²) in [6, 6.07) is -2.70. The molecule has 20 atom stereocenters. The van der Waals surface area contributed by atoms with Crippen LogP contribution in [0.3, 0.4) is 0 Å². The molecule has 24 heteroatoms. The summed E-state index contributed by atoms with van der Waals surface area (Å²) in [6.45, 7) is 1.38. The SMILES string of the molecule is CC(=O)N[C@H]1[C@H]([C@H](O)[C@H](O)CO)O[C@@](O[C@@H]2[C@H](O)[C@@H](O)[C@H](O[C@H]3[C@H](O[C@@H]4O[C@@H](C)[C@@H](O)[C@@H](O)[C@@H]4O)[C@@H](NC(C)=O)CO[C@@H]3CO)O[C@@H]2O)(C(=O)O)C[C@@H]1O. The van der Waals surface area contributed by atoms with E-state index in [2.05, 4.69) is 10.6 Å². The summed E-state index contributed by atoms with van der Waals surface area (Å²) in [4.78, 5) is 36.5. The third-order valence-electron chi connectivity index (χ3n) is 9.57. The molecule has 2 amide bonds. The number of amides is 2. The van der Waals surface area contributed by atoms with Crippen molar-refractivity contribution >= 4 is 17.8 Å². The Labute approximate surface area is 306 Å². The number of ether oxygens (including phenoxy) is 7. The molecule has 14 N–H and O–H groups in total. The van der Waals surface area contributed by atoms with Gasteiger partial charge >= 0.3 is 5.97 Å². The van der Waals surface area contributed by atoms with Crippen molar-refractivity contribution < 1.29 is 109 Å². The predicted octanol–water partition coefficient (Wildman–Crippen LogP) is -8.59. The van der Waals surface area contributed by atoms with Gasteiger partial charge in [-0.2, -0.15) is 0 Å². The predicted molar refractivity (Wildman–Crippen MR) is 167 cm³/mol. The van der Waals surface area contributed by atoms with E-state index in [9.17, 15) is 75.7 Å². The van der Waals surface area contributed by atoms with Crippen LogP contribution in [0.1, 0.15) is 27.2 Å². The van der Waals surface area contributed by atoms with Crippen molar-refractivity contribution in [2.24, 2.45) is 0 Å². The number of hydrogen-bond acceptors (Lipinski definition) is 21. The molecule has 4 saturated heterocycles. The minimum absolute atomic E-state index is 0.314. The second-order valence-corrected chi connectivity index (χ2v) is 13.6. The lowest BCUT2D eigenvalue weighted by atomic mass is 9.88. The summed E-state index contributed by atoms with van der Waals surface area (Å²) in [5.41, 5.74) is 0. The molecule has 0 radical (unpaired) electrons. The highest BCUT2D eigenvalue weighted by molar-refractivity contribution is 5.76. The Bertz CT molecular complexity index is 1280. The van der Waals surface area contributed by atoms with Gasteiger partial charge in [0.1, 0.15) is 73.2 Å². The third kappa shape index (κ3) is 9.44. The maximum absolute atomic E-state index is 12.6. The Morgan fingerprint density at radius 1 is 0.815 bits per heavy atom. The number of carboxylic acids is 1. The largest absolute Gasteiger partial charge is 0.477 e. The Morgan fingerprint density at radius 2 is 1.41 bits per heavy atom. The van der Waals surface area contributed by atoms with E-state index in [-0.39, 0.29) is 6.61 Å². The molecule has 4 rings (SSSR count). The lowest BCUT2D eigenvalue weighted by Crippen LogP contribution is -2.70. The fourth-order valence-corrected chi connectivity index (χ4v) is 6.70. The van der Waals surface area contributed by atoms with Gasteiger partial charge < -0.3 is 105 Å². The molecule has 24 nitrogen and oxygen atoms in total. The molecule has 4 fully saturated rings. The van der Waals surface area contributed by atoms with Crippen LogP contribution in [0, 0.1) is 0 Å². The highest BCUT2D eigenvalue weighted by Gasteiger charge is 2.60. The van der Waals surface area contributed by atoms with Gasteiger partial charge in [-0.3, -0.25) is 9.59 Å². The standard InChI is InChI=1S/C30H50N2O22/c1-8-16(39)18(41)20(43)27(49-8)50-22-11(31-9(2)35)7-48-14(6-34)23(22)51-28-21(44)19(42)25(26(45)52-28)54-30(29(46)47)4-12(37)15(32-10(3)36)24(53-30)17(40)13(38)5-33/h8,11-28,33-34,37-45H,4-7H2,1-3H3,(H,31,35)(H,32,36)(H,46,47)/t8-,11-,12-,13+,14+,15+,16+,17+,18+,19+,20-,21+,22+,23+,24+,25+,26-,27-,28+,30-/m0/s1. The zero-order valence-electron chi connectivity index (χ0n) is 29.2. The van der Waals surface area contributed by atoms with E-state index in [1.54, 1.807) is 0 Å². The quantitative estimate of drug-likeness (QED) is 0.0823. The van der Waals surface area contributed by atoms with Gasteiger partial charge in [0, 0.05) is 20.3 Å². The van der Waals surface area contributed by atoms with Crippen LogP contribution >= 0.6 is 0 Å². The number of carboxylic acid groups (broad SMARTS) is 1. The molecule has 0 aromatic heterocycles. The van der Waals surface area contributed by atoms with Crippen LogP contribution in [0.2, 0.25) is 0 Å². The zero-order valence-corrected chi connectivity index (χ0v) is 29.2. The van der Waals surface area contributed by atoms with Crippen molar-refractivity contribution in [2.45, 2.75) is 149 Å². The van der Waals surface area contributed by atoms with Crippen LogP contribution < -0.4 is 10.6 Å². The number of aliphatic hydroxyl groups excluding tert-OH is 11. The van der Waals surface area contributed by atoms with Crippen molar-refractivity contribution in [2.75, 3.05) is 19.8 Å². The Morgan fingerprint density at radius 3 is 1.98 bits per heavy atom. The van der Waals surface area contributed by atoms with Crippen LogP contribution in [-0.4, -0.2) is 221 Å². The average molecular weight is 791 g/mol. The molecular formula is C30H50N2O22. The second kappa shape index (κ2) is 18.3. The number of aliphatic hydroxyl groups is 11. The van der Waals surface area contributed by atoms with Gasteiger partial charge in [-0.05, 0) is 6.92 Å². The van der Waals surface area contributed by atoms with E-state index in [0.29, 0.717) is 0 Å². The van der Waals surface area contributed by atoms with Crippen LogP contribution in [0.15, 0.2) is 0 Å². The van der Waals surface area contributed by atoms with Crippen molar-refractivity contribution in [1.82, 2.24) is 10.6 Å². The first-order valence-corrected chi connectivity index (χ1v) is 17.0. The van der Waals surface area contributed by atoms with Crippen molar-refractivity contribution in [1.29, 1.82) is 0 Å². The van der Waals surface area contributed by atoms with Crippen LogP contribution in [0.4, 0.5) is 0 Å². The number of rotatable bonds is 13. The molecule has 0 aliphatic carbocycles. The topological polar surface area (TPSA) is 383 Å². The molecule has 0 aromatic rings. The maximum atomic E-state index is 12.6. The number of aliphatic carboxylic acids is 1. The normalized spacial score (nSPS) is 45.6. The molecular weight excluding hydrogens is 740 g/mol. The van der Waals surface area contributed by atoms with E-state index in [0.717, 1.165) is 13.8 Å². The monoisotopic (exact) mass is 790 g/mol. The molecule has 312 valence electrons. The number of nitrogens with one attached hydrogen (secondary N) is 2. The smallest absolute Gasteiger partial charge is 0.364 e. The van der Waals surface area contributed by atoms with E-state index in [1.165, 1.54) is 6.92 Å². The van der Waals surface area contributed by atoms with Crippen molar-refractivity contribution in [3.63, 3.8) is 0 Å². The molecule has 0 saturated carbocycles. The Hall–Kier alpha value is -2.31. The lowest BCUT2D eigenvalue weighted by Gasteiger charge is -2.50. The minimum Gasteiger partial charge on any atom is -0.477 e. The summed E-state index contributed by atoms with van der Waals surface area (Å²) < 4.78 is 39.3. The summed E-state index contributed by atoms with van der Waals surface area (Å²) in [5, 5.41) is 130. The first-order valence-electron chi connectivity index (χ1n) is 17.0. The number of carbonyl (C=O) groups excluding carboxylic acids is 2. The Balaban J connectivity index is 1.59. The van der Waals surface area contributed by atoms with Gasteiger partial charge in [0.2, 0.25) is 11.8 Å². The van der Waals surface area contributed by atoms with E-state index >= 15 is 0 Å². The molecule has 4 heterocycles. The molecule has 0 aromatic carbocycles. The van der Waals surface area contributed by atoms with Gasteiger partial charge in [0.25, 0.3) is 5.79 Å². The second-order valence-electron chi connectivity index (χ2n) is 13.6. The first-order chi connectivity index (χ1) is 25.3. The molecule has 0 unspecified atom stereocenters. The van der Waals surface area contributed by atoms with E-state index in [4.69, 9.17) is 33.2 Å². The fraction of sp³-hybridized carbons (Fsp3) is 0.900. The number of carbonyl (C=O) groups is 3. The molecule has 4 aliphatic heterocycles. The van der Waals surface area contributed by atoms with Crippen LogP contribution in [0.25, 0.3) is 0 Å². The molecule has 4 aliphatic rings. The van der Waals surface area contributed by atoms with Crippen molar-refractivity contribution in [3.8, 4) is 0 Å². The summed E-state index contributed by atoms with van der Waals surface area (Å²) in [5.74, 6) is -6.44. The summed E-state index contributed by atoms with van der Waals surface area (Å²) >= 11 is 0. The van der Waals surface area contributed by atoms with E-state index in [1.807, 2.05) is 0 Å². The van der Waals surface area contributed by atoms with Crippen LogP contribution in [-0.2, 0) is 47.5 Å². The molecule has 54 heavy (non-hydrogen) atoms. The van der Waals surface area contributed by atoms with Crippen LogP contribution in [0.5, 0.6) is 0 Å². The zero-order chi connectivity index (χ0) is 40.4. The fourth-order valence-electron chi connectivity index (χ4n) is 6.70. The van der Waals surface area contributed by atoms with Gasteiger partial charge in [-0.15, -0.1) is 0 Å². The van der Waals surface area contributed by atoms with Gasteiger partial charge in [0.15, 0.2) is 18.9 Å². The third-order valence-corrected chi connectivity index (χ3v) is 9.57. The summed E-state index contributed by atoms with van der Waals surface area (Å²) in [6.07, 6.45) is -32.5. The Kier molecular flexibility index (Phi) is 15.1. The maximum Gasteiger partial charge on any atom is 0.364 e. The minimum atomic E-state index is -3.07. The molecule has 0 bridgehead atoms. The lowest BCUT2D eigenvalue weighted by molar-refractivity contribution is -0.403. The highest BCUT2D eigenvalue weighted by atomic mass is 16.8. The van der Waals surface area contributed by atoms with Crippen molar-refractivity contribution in [3.05, 3.63) is 0 Å². The highest BCUT2D eigenvalue weighted by Crippen LogP contribution is 2.38. The van der Waals surface area contributed by atoms with E-state index < -0.39 is 160 Å². The number of hydrogen-bond donors (Lipinski definition) is 14.